The number of carbonyl (C=O) groups excluding carboxylic acids is 1. The lowest BCUT2D eigenvalue weighted by Gasteiger charge is -2.16. The number of hydrogen-bond donors (Lipinski definition) is 1. The summed E-state index contributed by atoms with van der Waals surface area (Å²) in [6.45, 7) is 3.72. The summed E-state index contributed by atoms with van der Waals surface area (Å²) >= 11 is 0. The van der Waals surface area contributed by atoms with Crippen molar-refractivity contribution in [3.8, 4) is 0 Å². The van der Waals surface area contributed by atoms with Crippen LogP contribution >= 0.6 is 0 Å². The number of nitrogens with zero attached hydrogens (tertiary/aromatic N) is 1. The van der Waals surface area contributed by atoms with Gasteiger partial charge in [-0.15, -0.1) is 0 Å². The van der Waals surface area contributed by atoms with E-state index in [1.807, 2.05) is 0 Å². The minimum Gasteiger partial charge on any atom is -0.481 e. The Bertz CT molecular complexity index is 167. The molecule has 0 aromatic rings. The van der Waals surface area contributed by atoms with E-state index in [0.717, 1.165) is 0 Å². The van der Waals surface area contributed by atoms with Gasteiger partial charge in [0.25, 0.3) is 0 Å². The largest absolute Gasteiger partial charge is 0.481 e. The van der Waals surface area contributed by atoms with E-state index in [1.165, 1.54) is 11.8 Å². The standard InChI is InChI=1S/C7H13NO3/c1-4-8(3)6(9)5(2)7(10)11/h5H,4H2,1-3H3,(H,10,11). The van der Waals surface area contributed by atoms with Gasteiger partial charge in [0.05, 0.1) is 0 Å². The number of carboxylic acid groups (broad SMARTS) is 1. The number of aliphatic carboxylic acids is 1. The first-order valence-electron chi connectivity index (χ1n) is 3.48. The fourth-order valence-corrected chi connectivity index (χ4v) is 0.592. The number of rotatable bonds is 3. The van der Waals surface area contributed by atoms with E-state index in [9.17, 15) is 9.59 Å². The average Bonchev–Trinajstić information content (AvgIpc) is 2.00. The molecular weight excluding hydrogens is 146 g/mol. The second-order valence-electron chi connectivity index (χ2n) is 2.41. The quantitative estimate of drug-likeness (QED) is 0.598. The van der Waals surface area contributed by atoms with Gasteiger partial charge < -0.3 is 10.0 Å². The molecule has 0 aromatic heterocycles. The lowest BCUT2D eigenvalue weighted by Crippen LogP contribution is -2.35. The molecule has 1 unspecified atom stereocenters. The van der Waals surface area contributed by atoms with Crippen molar-refractivity contribution in [2.75, 3.05) is 13.6 Å². The molecule has 0 saturated carbocycles. The minimum atomic E-state index is -1.07. The molecule has 0 radical (unpaired) electrons. The van der Waals surface area contributed by atoms with Gasteiger partial charge >= 0.3 is 5.97 Å². The summed E-state index contributed by atoms with van der Waals surface area (Å²) in [7, 11) is 1.59. The number of hydrogen-bond acceptors (Lipinski definition) is 2. The Labute approximate surface area is 65.8 Å². The van der Waals surface area contributed by atoms with Crippen LogP contribution in [0.2, 0.25) is 0 Å². The first-order valence-corrected chi connectivity index (χ1v) is 3.48. The number of amides is 1. The molecular formula is C7H13NO3. The van der Waals surface area contributed by atoms with Gasteiger partial charge in [0, 0.05) is 13.6 Å². The monoisotopic (exact) mass is 159 g/mol. The number of carbonyl (C=O) groups is 2. The van der Waals surface area contributed by atoms with Crippen LogP contribution in [0.1, 0.15) is 13.8 Å². The highest BCUT2D eigenvalue weighted by molar-refractivity contribution is 5.96. The van der Waals surface area contributed by atoms with Gasteiger partial charge in [-0.05, 0) is 13.8 Å². The van der Waals surface area contributed by atoms with Crippen molar-refractivity contribution >= 4 is 11.9 Å². The Morgan fingerprint density at radius 1 is 1.55 bits per heavy atom. The molecule has 0 bridgehead atoms. The summed E-state index contributed by atoms with van der Waals surface area (Å²) in [4.78, 5) is 22.8. The average molecular weight is 159 g/mol. The van der Waals surface area contributed by atoms with Gasteiger partial charge in [-0.25, -0.2) is 0 Å². The Morgan fingerprint density at radius 3 is 2.27 bits per heavy atom. The Hall–Kier alpha value is -1.06. The summed E-state index contributed by atoms with van der Waals surface area (Å²) < 4.78 is 0. The molecule has 11 heavy (non-hydrogen) atoms. The lowest BCUT2D eigenvalue weighted by molar-refractivity contribution is -0.149. The summed E-state index contributed by atoms with van der Waals surface area (Å²) in [6, 6.07) is 0. The molecule has 1 amide bonds. The van der Waals surface area contributed by atoms with Gasteiger partial charge in [-0.3, -0.25) is 9.59 Å². The summed E-state index contributed by atoms with van der Waals surface area (Å²) in [5, 5.41) is 8.45. The highest BCUT2D eigenvalue weighted by atomic mass is 16.4. The van der Waals surface area contributed by atoms with E-state index < -0.39 is 11.9 Å². The maximum absolute atomic E-state index is 11.1. The van der Waals surface area contributed by atoms with E-state index in [0.29, 0.717) is 6.54 Å². The van der Waals surface area contributed by atoms with Crippen molar-refractivity contribution in [2.24, 2.45) is 5.92 Å². The Kier molecular flexibility index (Phi) is 3.57. The maximum Gasteiger partial charge on any atom is 0.315 e. The van der Waals surface area contributed by atoms with Crippen LogP contribution in [0.25, 0.3) is 0 Å². The van der Waals surface area contributed by atoms with E-state index in [-0.39, 0.29) is 5.91 Å². The molecule has 0 fully saturated rings. The highest BCUT2D eigenvalue weighted by Crippen LogP contribution is 1.99. The predicted molar refractivity (Wildman–Crippen MR) is 40.1 cm³/mol. The van der Waals surface area contributed by atoms with Gasteiger partial charge in [-0.1, -0.05) is 0 Å². The van der Waals surface area contributed by atoms with E-state index in [1.54, 1.807) is 14.0 Å². The van der Waals surface area contributed by atoms with Crippen LogP contribution < -0.4 is 0 Å². The zero-order valence-electron chi connectivity index (χ0n) is 7.00. The number of carboxylic acids is 1. The fourth-order valence-electron chi connectivity index (χ4n) is 0.592. The zero-order chi connectivity index (χ0) is 9.02. The normalized spacial score (nSPS) is 12.3. The lowest BCUT2D eigenvalue weighted by atomic mass is 10.1. The molecule has 0 rings (SSSR count). The molecule has 4 nitrogen and oxygen atoms in total. The topological polar surface area (TPSA) is 57.6 Å². The van der Waals surface area contributed by atoms with Crippen molar-refractivity contribution in [3.63, 3.8) is 0 Å². The van der Waals surface area contributed by atoms with Gasteiger partial charge in [-0.2, -0.15) is 0 Å². The van der Waals surface area contributed by atoms with Crippen molar-refractivity contribution in [1.29, 1.82) is 0 Å². The zero-order valence-corrected chi connectivity index (χ0v) is 7.00. The SMILES string of the molecule is CCN(C)C(=O)C(C)C(=O)O. The van der Waals surface area contributed by atoms with Crippen molar-refractivity contribution < 1.29 is 14.7 Å². The third-order valence-corrected chi connectivity index (χ3v) is 1.59. The summed E-state index contributed by atoms with van der Waals surface area (Å²) in [5.41, 5.74) is 0. The van der Waals surface area contributed by atoms with Crippen LogP contribution in [0.15, 0.2) is 0 Å². The van der Waals surface area contributed by atoms with E-state index in [4.69, 9.17) is 5.11 Å². The first kappa shape index (κ1) is 9.94. The van der Waals surface area contributed by atoms with Crippen LogP contribution in [-0.2, 0) is 9.59 Å². The predicted octanol–water partition coefficient (Wildman–Crippen LogP) is 0.185. The molecule has 0 saturated heterocycles. The van der Waals surface area contributed by atoms with Crippen LogP contribution in [0.5, 0.6) is 0 Å². The van der Waals surface area contributed by atoms with Gasteiger partial charge in [0.2, 0.25) is 5.91 Å². The van der Waals surface area contributed by atoms with Gasteiger partial charge in [0.1, 0.15) is 5.92 Å². The first-order chi connectivity index (χ1) is 5.00. The molecule has 0 aromatic carbocycles. The summed E-state index contributed by atoms with van der Waals surface area (Å²) in [5.74, 6) is -2.35. The molecule has 0 aliphatic carbocycles. The highest BCUT2D eigenvalue weighted by Gasteiger charge is 2.22. The van der Waals surface area contributed by atoms with Crippen molar-refractivity contribution in [3.05, 3.63) is 0 Å². The molecule has 0 aliphatic rings. The Morgan fingerprint density at radius 2 is 2.00 bits per heavy atom. The smallest absolute Gasteiger partial charge is 0.315 e. The molecule has 0 heterocycles. The molecule has 64 valence electrons. The van der Waals surface area contributed by atoms with Crippen molar-refractivity contribution in [2.45, 2.75) is 13.8 Å². The second kappa shape index (κ2) is 3.95. The van der Waals surface area contributed by atoms with E-state index in [2.05, 4.69) is 0 Å². The van der Waals surface area contributed by atoms with E-state index >= 15 is 0 Å². The minimum absolute atomic E-state index is 0.347. The van der Waals surface area contributed by atoms with Crippen LogP contribution in [0.4, 0.5) is 0 Å². The van der Waals surface area contributed by atoms with Crippen LogP contribution in [0.3, 0.4) is 0 Å². The molecule has 4 heteroatoms. The molecule has 0 aliphatic heterocycles. The van der Waals surface area contributed by atoms with Crippen molar-refractivity contribution in [1.82, 2.24) is 4.90 Å². The fraction of sp³-hybridized carbons (Fsp3) is 0.714. The third kappa shape index (κ3) is 2.57. The third-order valence-electron chi connectivity index (χ3n) is 1.59. The van der Waals surface area contributed by atoms with Crippen LogP contribution in [0, 0.1) is 5.92 Å². The molecule has 1 atom stereocenters. The van der Waals surface area contributed by atoms with Gasteiger partial charge in [0.15, 0.2) is 0 Å². The second-order valence-corrected chi connectivity index (χ2v) is 2.41. The molecule has 0 spiro atoms. The Balaban J connectivity index is 4.13. The molecule has 1 N–H and O–H groups in total. The summed E-state index contributed by atoms with van der Waals surface area (Å²) in [6.07, 6.45) is 0. The van der Waals surface area contributed by atoms with Crippen LogP contribution in [-0.4, -0.2) is 35.5 Å². The maximum atomic E-state index is 11.1.